The largest absolute Gasteiger partial charge is 0.493 e. The van der Waals surface area contributed by atoms with Gasteiger partial charge in [-0.2, -0.15) is 0 Å². The highest BCUT2D eigenvalue weighted by atomic mass is 35.5. The predicted molar refractivity (Wildman–Crippen MR) is 89.9 cm³/mol. The summed E-state index contributed by atoms with van der Waals surface area (Å²) in [4.78, 5) is 23.8. The van der Waals surface area contributed by atoms with E-state index >= 15 is 0 Å². The average Bonchev–Trinajstić information content (AvgIpc) is 2.62. The maximum Gasteiger partial charge on any atom is 0.338 e. The highest BCUT2D eigenvalue weighted by Crippen LogP contribution is 2.27. The third kappa shape index (κ3) is 4.84. The zero-order chi connectivity index (χ0) is 18.4. The van der Waals surface area contributed by atoms with E-state index in [4.69, 9.17) is 25.8 Å². The third-order valence-corrected chi connectivity index (χ3v) is 3.45. The van der Waals surface area contributed by atoms with Crippen molar-refractivity contribution < 1.29 is 28.2 Å². The highest BCUT2D eigenvalue weighted by Gasteiger charge is 2.14. The summed E-state index contributed by atoms with van der Waals surface area (Å²) in [5.41, 5.74) is 0.494. The van der Waals surface area contributed by atoms with Gasteiger partial charge in [0.15, 0.2) is 18.1 Å². The van der Waals surface area contributed by atoms with Crippen molar-refractivity contribution in [2.24, 2.45) is 0 Å². The van der Waals surface area contributed by atoms with Crippen molar-refractivity contribution in [3.05, 3.63) is 52.8 Å². The molecule has 0 heterocycles. The topological polar surface area (TPSA) is 73.9 Å². The van der Waals surface area contributed by atoms with Gasteiger partial charge >= 0.3 is 5.97 Å². The van der Waals surface area contributed by atoms with Gasteiger partial charge in [0.25, 0.3) is 5.91 Å². The fraction of sp³-hybridized carbons (Fsp3) is 0.176. The number of carbonyl (C=O) groups excluding carboxylic acids is 2. The van der Waals surface area contributed by atoms with Gasteiger partial charge in [0.1, 0.15) is 5.82 Å². The Kier molecular flexibility index (Phi) is 6.19. The van der Waals surface area contributed by atoms with Crippen LogP contribution in [0.2, 0.25) is 5.02 Å². The van der Waals surface area contributed by atoms with Crippen molar-refractivity contribution in [3.63, 3.8) is 0 Å². The van der Waals surface area contributed by atoms with Crippen LogP contribution in [0.4, 0.5) is 10.1 Å². The molecule has 0 saturated carbocycles. The van der Waals surface area contributed by atoms with Crippen molar-refractivity contribution in [3.8, 4) is 11.5 Å². The fourth-order valence-electron chi connectivity index (χ4n) is 1.95. The van der Waals surface area contributed by atoms with Gasteiger partial charge in [-0.25, -0.2) is 9.18 Å². The van der Waals surface area contributed by atoms with Crippen LogP contribution in [-0.2, 0) is 9.53 Å². The van der Waals surface area contributed by atoms with E-state index in [1.54, 1.807) is 6.07 Å². The van der Waals surface area contributed by atoms with Crippen LogP contribution in [0.15, 0.2) is 36.4 Å². The molecule has 0 saturated heterocycles. The number of hydrogen-bond donors (Lipinski definition) is 1. The van der Waals surface area contributed by atoms with Crippen LogP contribution < -0.4 is 14.8 Å². The van der Waals surface area contributed by atoms with Crippen LogP contribution >= 0.6 is 11.6 Å². The van der Waals surface area contributed by atoms with Gasteiger partial charge in [0, 0.05) is 5.69 Å². The quantitative estimate of drug-likeness (QED) is 0.793. The molecule has 1 N–H and O–H groups in total. The maximum absolute atomic E-state index is 13.1. The molecule has 0 aliphatic rings. The molecule has 1 amide bonds. The Morgan fingerprint density at radius 3 is 2.44 bits per heavy atom. The minimum Gasteiger partial charge on any atom is -0.493 e. The van der Waals surface area contributed by atoms with Gasteiger partial charge in [-0.3, -0.25) is 4.79 Å². The maximum atomic E-state index is 13.1. The Balaban J connectivity index is 1.94. The van der Waals surface area contributed by atoms with E-state index in [2.05, 4.69) is 5.32 Å². The average molecular weight is 368 g/mol. The molecule has 0 aliphatic carbocycles. The van der Waals surface area contributed by atoms with E-state index in [9.17, 15) is 14.0 Å². The molecular weight excluding hydrogens is 353 g/mol. The molecule has 132 valence electrons. The second-order valence-corrected chi connectivity index (χ2v) is 5.23. The normalized spacial score (nSPS) is 10.1. The van der Waals surface area contributed by atoms with Crippen LogP contribution in [0.3, 0.4) is 0 Å². The van der Waals surface area contributed by atoms with Crippen molar-refractivity contribution in [1.29, 1.82) is 0 Å². The van der Waals surface area contributed by atoms with Gasteiger partial charge in [-0.1, -0.05) is 11.6 Å². The number of anilines is 1. The van der Waals surface area contributed by atoms with Crippen LogP contribution in [0, 0.1) is 5.82 Å². The molecule has 0 spiro atoms. The Labute approximate surface area is 148 Å². The summed E-state index contributed by atoms with van der Waals surface area (Å²) in [5.74, 6) is -1.06. The first kappa shape index (κ1) is 18.5. The van der Waals surface area contributed by atoms with Gasteiger partial charge in [-0.05, 0) is 36.4 Å². The van der Waals surface area contributed by atoms with E-state index in [-0.39, 0.29) is 10.6 Å². The van der Waals surface area contributed by atoms with E-state index in [0.29, 0.717) is 17.2 Å². The van der Waals surface area contributed by atoms with Crippen LogP contribution in [-0.4, -0.2) is 32.7 Å². The van der Waals surface area contributed by atoms with Crippen molar-refractivity contribution in [1.82, 2.24) is 0 Å². The van der Waals surface area contributed by atoms with E-state index in [1.807, 2.05) is 0 Å². The van der Waals surface area contributed by atoms with E-state index in [1.165, 1.54) is 38.5 Å². The molecule has 0 aromatic heterocycles. The first-order valence-electron chi connectivity index (χ1n) is 7.08. The lowest BCUT2D eigenvalue weighted by Crippen LogP contribution is -2.21. The van der Waals surface area contributed by atoms with Crippen LogP contribution in [0.25, 0.3) is 0 Å². The summed E-state index contributed by atoms with van der Waals surface area (Å²) in [7, 11) is 2.91. The molecule has 0 aliphatic heterocycles. The second-order valence-electron chi connectivity index (χ2n) is 4.82. The molecule has 8 heteroatoms. The summed E-state index contributed by atoms with van der Waals surface area (Å²) in [6.07, 6.45) is 0. The molecule has 0 unspecified atom stereocenters. The van der Waals surface area contributed by atoms with Gasteiger partial charge in [0.2, 0.25) is 0 Å². The monoisotopic (exact) mass is 367 g/mol. The SMILES string of the molecule is COc1ccc(C(=O)OCC(=O)Nc2ccc(F)c(Cl)c2)cc1OC. The molecule has 2 rings (SSSR count). The molecule has 25 heavy (non-hydrogen) atoms. The standard InChI is InChI=1S/C17H15ClFNO5/c1-23-14-6-3-10(7-15(14)24-2)17(22)25-9-16(21)20-11-4-5-13(19)12(18)8-11/h3-8H,9H2,1-2H3,(H,20,21). The molecule has 2 aromatic rings. The zero-order valence-corrected chi connectivity index (χ0v) is 14.2. The van der Waals surface area contributed by atoms with Crippen LogP contribution in [0.1, 0.15) is 10.4 Å². The summed E-state index contributed by atoms with van der Waals surface area (Å²) >= 11 is 5.62. The number of esters is 1. The summed E-state index contributed by atoms with van der Waals surface area (Å²) < 4.78 is 28.2. The van der Waals surface area contributed by atoms with Gasteiger partial charge < -0.3 is 19.5 Å². The van der Waals surface area contributed by atoms with Crippen LogP contribution in [0.5, 0.6) is 11.5 Å². The number of ether oxygens (including phenoxy) is 3. The number of nitrogens with one attached hydrogen (secondary N) is 1. The van der Waals surface area contributed by atoms with Crippen molar-refractivity contribution in [2.45, 2.75) is 0 Å². The molecule has 0 radical (unpaired) electrons. The summed E-state index contributed by atoms with van der Waals surface area (Å²) in [6, 6.07) is 8.20. The fourth-order valence-corrected chi connectivity index (χ4v) is 2.13. The Hall–Kier alpha value is -2.80. The Morgan fingerprint density at radius 2 is 1.80 bits per heavy atom. The molecule has 6 nitrogen and oxygen atoms in total. The lowest BCUT2D eigenvalue weighted by atomic mass is 10.2. The number of carbonyl (C=O) groups is 2. The minimum absolute atomic E-state index is 0.125. The lowest BCUT2D eigenvalue weighted by Gasteiger charge is -2.10. The first-order valence-corrected chi connectivity index (χ1v) is 7.46. The van der Waals surface area contributed by atoms with Crippen molar-refractivity contribution in [2.75, 3.05) is 26.1 Å². The smallest absolute Gasteiger partial charge is 0.338 e. The number of rotatable bonds is 6. The molecule has 0 fully saturated rings. The Bertz CT molecular complexity index is 797. The lowest BCUT2D eigenvalue weighted by molar-refractivity contribution is -0.119. The molecule has 2 aromatic carbocycles. The number of benzene rings is 2. The highest BCUT2D eigenvalue weighted by molar-refractivity contribution is 6.31. The van der Waals surface area contributed by atoms with E-state index in [0.717, 1.165) is 6.07 Å². The zero-order valence-electron chi connectivity index (χ0n) is 13.5. The van der Waals surface area contributed by atoms with E-state index < -0.39 is 24.3 Å². The summed E-state index contributed by atoms with van der Waals surface area (Å²) in [6.45, 7) is -0.512. The summed E-state index contributed by atoms with van der Waals surface area (Å²) in [5, 5.41) is 2.32. The third-order valence-electron chi connectivity index (χ3n) is 3.16. The Morgan fingerprint density at radius 1 is 1.08 bits per heavy atom. The number of methoxy groups -OCH3 is 2. The second kappa shape index (κ2) is 8.34. The number of halogens is 2. The molecule has 0 atom stereocenters. The van der Waals surface area contributed by atoms with Crippen molar-refractivity contribution >= 4 is 29.2 Å². The first-order chi connectivity index (χ1) is 11.9. The minimum atomic E-state index is -0.701. The number of hydrogen-bond acceptors (Lipinski definition) is 5. The van der Waals surface area contributed by atoms with Gasteiger partial charge in [-0.15, -0.1) is 0 Å². The van der Waals surface area contributed by atoms with Gasteiger partial charge in [0.05, 0.1) is 24.8 Å². The predicted octanol–water partition coefficient (Wildman–Crippen LogP) is 3.29. The number of amides is 1. The molecular formula is C17H15ClFNO5. The molecule has 0 bridgehead atoms.